The maximum absolute atomic E-state index is 12.6. The molecule has 2 fully saturated rings. The second-order valence-corrected chi connectivity index (χ2v) is 9.01. The normalized spacial score (nSPS) is 19.7. The van der Waals surface area contributed by atoms with Crippen LogP contribution in [0.5, 0.6) is 0 Å². The van der Waals surface area contributed by atoms with E-state index in [4.69, 9.17) is 0 Å². The first-order chi connectivity index (χ1) is 11.6. The molecule has 1 aliphatic heterocycles. The lowest BCUT2D eigenvalue weighted by atomic mass is 10.2. The smallest absolute Gasteiger partial charge is 0.235 e. The Hall–Kier alpha value is -1.15. The summed E-state index contributed by atoms with van der Waals surface area (Å²) in [6.07, 6.45) is 6.69. The van der Waals surface area contributed by atoms with E-state index in [1.165, 1.54) is 35.9 Å². The van der Waals surface area contributed by atoms with Crippen LogP contribution in [0.1, 0.15) is 52.4 Å². The van der Waals surface area contributed by atoms with Gasteiger partial charge in [0.05, 0.1) is 5.25 Å². The third kappa shape index (κ3) is 4.27. The van der Waals surface area contributed by atoms with E-state index in [1.54, 1.807) is 11.8 Å². The van der Waals surface area contributed by atoms with Gasteiger partial charge in [0.15, 0.2) is 4.34 Å². The van der Waals surface area contributed by atoms with Crippen molar-refractivity contribution >= 4 is 40.0 Å². The van der Waals surface area contributed by atoms with Crippen LogP contribution in [0, 0.1) is 0 Å². The summed E-state index contributed by atoms with van der Waals surface area (Å²) >= 11 is 2.86. The lowest BCUT2D eigenvalue weighted by Gasteiger charge is -2.23. The van der Waals surface area contributed by atoms with Gasteiger partial charge in [-0.3, -0.25) is 14.5 Å². The molecule has 1 unspecified atom stereocenters. The molecule has 1 saturated carbocycles. The molecule has 0 spiro atoms. The molecule has 2 amide bonds. The zero-order valence-corrected chi connectivity index (χ0v) is 15.9. The van der Waals surface area contributed by atoms with Crippen LogP contribution >= 0.6 is 23.1 Å². The van der Waals surface area contributed by atoms with Crippen LogP contribution in [0.4, 0.5) is 5.13 Å². The van der Waals surface area contributed by atoms with E-state index in [1.807, 2.05) is 11.8 Å². The van der Waals surface area contributed by atoms with Gasteiger partial charge >= 0.3 is 0 Å². The molecule has 0 aromatic carbocycles. The van der Waals surface area contributed by atoms with Crippen molar-refractivity contribution in [1.29, 1.82) is 0 Å². The third-order valence-electron chi connectivity index (χ3n) is 4.40. The highest BCUT2D eigenvalue weighted by Crippen LogP contribution is 2.37. The van der Waals surface area contributed by atoms with Crippen molar-refractivity contribution < 1.29 is 9.59 Å². The number of anilines is 1. The van der Waals surface area contributed by atoms with Gasteiger partial charge in [0, 0.05) is 26.1 Å². The minimum absolute atomic E-state index is 0.0129. The topological polar surface area (TPSA) is 66.4 Å². The van der Waals surface area contributed by atoms with E-state index in [0.717, 1.165) is 43.1 Å². The van der Waals surface area contributed by atoms with E-state index in [-0.39, 0.29) is 23.1 Å². The monoisotopic (exact) mass is 368 g/mol. The number of thioether (sulfide) groups is 1. The van der Waals surface area contributed by atoms with E-state index in [0.29, 0.717) is 5.13 Å². The van der Waals surface area contributed by atoms with E-state index >= 15 is 0 Å². The number of likely N-dealkylation sites (tertiary alicyclic amines) is 1. The molecule has 0 N–H and O–H groups in total. The van der Waals surface area contributed by atoms with Crippen molar-refractivity contribution in [3.8, 4) is 0 Å². The molecule has 1 aromatic heterocycles. The molecular formula is C16H24N4O2S2. The Labute approximate surface area is 151 Å². The van der Waals surface area contributed by atoms with Crippen LogP contribution in [0.25, 0.3) is 0 Å². The summed E-state index contributed by atoms with van der Waals surface area (Å²) in [6.45, 7) is 5.23. The number of rotatable bonds is 5. The van der Waals surface area contributed by atoms with Gasteiger partial charge in [0.25, 0.3) is 0 Å². The summed E-state index contributed by atoms with van der Waals surface area (Å²) < 4.78 is 0.757. The Balaban J connectivity index is 1.61. The fraction of sp³-hybridized carbons (Fsp3) is 0.750. The minimum atomic E-state index is -0.171. The molecule has 2 heterocycles. The van der Waals surface area contributed by atoms with Gasteiger partial charge in [-0.05, 0) is 32.6 Å². The maximum atomic E-state index is 12.6. The molecular weight excluding hydrogens is 344 g/mol. The number of hydrogen-bond donors (Lipinski definition) is 0. The molecule has 1 aromatic rings. The lowest BCUT2D eigenvalue weighted by Crippen LogP contribution is -2.37. The number of carbonyl (C=O) groups is 2. The van der Waals surface area contributed by atoms with E-state index in [2.05, 4.69) is 10.2 Å². The third-order valence-corrected chi connectivity index (χ3v) is 6.49. The van der Waals surface area contributed by atoms with Crippen LogP contribution in [-0.4, -0.2) is 51.3 Å². The van der Waals surface area contributed by atoms with Crippen molar-refractivity contribution in [3.05, 3.63) is 0 Å². The van der Waals surface area contributed by atoms with Gasteiger partial charge < -0.3 is 4.90 Å². The summed E-state index contributed by atoms with van der Waals surface area (Å²) in [5.41, 5.74) is 0. The molecule has 1 saturated heterocycles. The highest BCUT2D eigenvalue weighted by atomic mass is 32.2. The first-order valence-electron chi connectivity index (χ1n) is 8.65. The highest BCUT2D eigenvalue weighted by Gasteiger charge is 2.34. The molecule has 1 aliphatic carbocycles. The first-order valence-corrected chi connectivity index (χ1v) is 10.3. The van der Waals surface area contributed by atoms with Crippen molar-refractivity contribution in [2.45, 2.75) is 68.0 Å². The molecule has 2 aliphatic rings. The van der Waals surface area contributed by atoms with Gasteiger partial charge in [-0.15, -0.1) is 10.2 Å². The number of aromatic nitrogens is 2. The standard InChI is InChI=1S/C16H24N4O2S2/c1-11(14(22)19-9-5-3-4-6-10-19)23-16-18-17-15(24-16)20(12(2)21)13-7-8-13/h11,13H,3-10H2,1-2H3. The lowest BCUT2D eigenvalue weighted by molar-refractivity contribution is -0.130. The summed E-state index contributed by atoms with van der Waals surface area (Å²) in [5, 5.41) is 8.83. The number of nitrogens with zero attached hydrogens (tertiary/aromatic N) is 4. The zero-order chi connectivity index (χ0) is 17.1. The second-order valence-electron chi connectivity index (χ2n) is 6.47. The van der Waals surface area contributed by atoms with Gasteiger partial charge in [-0.25, -0.2) is 0 Å². The Morgan fingerprint density at radius 2 is 1.88 bits per heavy atom. The Morgan fingerprint density at radius 3 is 2.46 bits per heavy atom. The van der Waals surface area contributed by atoms with Crippen molar-refractivity contribution in [3.63, 3.8) is 0 Å². The molecule has 3 rings (SSSR count). The summed E-state index contributed by atoms with van der Waals surface area (Å²) in [4.78, 5) is 28.1. The largest absolute Gasteiger partial charge is 0.342 e. The van der Waals surface area contributed by atoms with Crippen LogP contribution in [0.2, 0.25) is 0 Å². The molecule has 8 heteroatoms. The Kier molecular flexibility index (Phi) is 5.76. The predicted molar refractivity (Wildman–Crippen MR) is 96.5 cm³/mol. The van der Waals surface area contributed by atoms with Crippen molar-refractivity contribution in [2.75, 3.05) is 18.0 Å². The highest BCUT2D eigenvalue weighted by molar-refractivity contribution is 8.02. The number of amides is 2. The number of carbonyl (C=O) groups excluding carboxylic acids is 2. The second kappa shape index (κ2) is 7.82. The van der Waals surface area contributed by atoms with Crippen LogP contribution < -0.4 is 4.90 Å². The van der Waals surface area contributed by atoms with Crippen LogP contribution in [-0.2, 0) is 9.59 Å². The van der Waals surface area contributed by atoms with Gasteiger partial charge in [-0.2, -0.15) is 0 Å². The van der Waals surface area contributed by atoms with Crippen molar-refractivity contribution in [1.82, 2.24) is 15.1 Å². The molecule has 0 bridgehead atoms. The molecule has 24 heavy (non-hydrogen) atoms. The average Bonchev–Trinajstić information content (AvgIpc) is 3.32. The van der Waals surface area contributed by atoms with Crippen molar-refractivity contribution in [2.24, 2.45) is 0 Å². The van der Waals surface area contributed by atoms with Crippen LogP contribution in [0.3, 0.4) is 0 Å². The summed E-state index contributed by atoms with van der Waals surface area (Å²) in [6, 6.07) is 0.282. The fourth-order valence-electron chi connectivity index (χ4n) is 2.98. The van der Waals surface area contributed by atoms with E-state index in [9.17, 15) is 9.59 Å². The quantitative estimate of drug-likeness (QED) is 0.590. The summed E-state index contributed by atoms with van der Waals surface area (Å²) in [5.74, 6) is 0.197. The molecule has 0 radical (unpaired) electrons. The van der Waals surface area contributed by atoms with E-state index < -0.39 is 0 Å². The summed E-state index contributed by atoms with van der Waals surface area (Å²) in [7, 11) is 0. The molecule has 132 valence electrons. The van der Waals surface area contributed by atoms with Crippen LogP contribution in [0.15, 0.2) is 4.34 Å². The van der Waals surface area contributed by atoms with Gasteiger partial charge in [-0.1, -0.05) is 35.9 Å². The van der Waals surface area contributed by atoms with Gasteiger partial charge in [0.2, 0.25) is 16.9 Å². The Morgan fingerprint density at radius 1 is 1.21 bits per heavy atom. The maximum Gasteiger partial charge on any atom is 0.235 e. The SMILES string of the molecule is CC(=O)N(c1nnc(SC(C)C(=O)N2CCCCCC2)s1)C1CC1. The minimum Gasteiger partial charge on any atom is -0.342 e. The fourth-order valence-corrected chi connectivity index (χ4v) is 5.16. The Bertz CT molecular complexity index is 595. The zero-order valence-electron chi connectivity index (χ0n) is 14.2. The predicted octanol–water partition coefficient (Wildman–Crippen LogP) is 2.94. The molecule has 6 nitrogen and oxygen atoms in total. The number of hydrogen-bond acceptors (Lipinski definition) is 6. The molecule has 1 atom stereocenters. The first kappa shape index (κ1) is 17.7. The average molecular weight is 369 g/mol. The van der Waals surface area contributed by atoms with Gasteiger partial charge in [0.1, 0.15) is 0 Å².